The summed E-state index contributed by atoms with van der Waals surface area (Å²) in [6, 6.07) is 5.64. The van der Waals surface area contributed by atoms with Gasteiger partial charge < -0.3 is 10.6 Å². The van der Waals surface area contributed by atoms with Crippen LogP contribution >= 0.6 is 22.6 Å². The molecule has 2 aromatic rings. The first kappa shape index (κ1) is 31.0. The summed E-state index contributed by atoms with van der Waals surface area (Å²) >= 11 is 1.88. The minimum atomic E-state index is -6.27. The van der Waals surface area contributed by atoms with E-state index < -0.39 is 51.7 Å². The second-order valence-corrected chi connectivity index (χ2v) is 11.6. The highest BCUT2D eigenvalue weighted by Crippen LogP contribution is 2.53. The highest BCUT2D eigenvalue weighted by molar-refractivity contribution is 14.1. The van der Waals surface area contributed by atoms with Crippen LogP contribution in [0.15, 0.2) is 36.4 Å². The van der Waals surface area contributed by atoms with Crippen molar-refractivity contribution in [2.24, 2.45) is 0 Å². The third kappa shape index (κ3) is 7.00. The van der Waals surface area contributed by atoms with Gasteiger partial charge in [0.2, 0.25) is 0 Å². The van der Waals surface area contributed by atoms with E-state index in [9.17, 15) is 44.5 Å². The van der Waals surface area contributed by atoms with Gasteiger partial charge in [-0.15, -0.1) is 0 Å². The van der Waals surface area contributed by atoms with E-state index in [1.807, 2.05) is 22.6 Å². The van der Waals surface area contributed by atoms with Gasteiger partial charge in [-0.3, -0.25) is 13.8 Å². The Labute approximate surface area is 224 Å². The van der Waals surface area contributed by atoms with Crippen molar-refractivity contribution in [3.63, 3.8) is 0 Å². The summed E-state index contributed by atoms with van der Waals surface area (Å²) in [5.41, 5.74) is -8.85. The summed E-state index contributed by atoms with van der Waals surface area (Å²) in [4.78, 5) is 25.9. The Morgan fingerprint density at radius 2 is 1.46 bits per heavy atom. The smallest absolute Gasteiger partial charge is 0.346 e. The largest absolute Gasteiger partial charge is 0.435 e. The zero-order chi connectivity index (χ0) is 28.6. The number of anilines is 1. The number of benzene rings is 2. The summed E-state index contributed by atoms with van der Waals surface area (Å²) in [6.45, 7) is 4.37. The number of amides is 2. The predicted octanol–water partition coefficient (Wildman–Crippen LogP) is 6.03. The molecule has 1 atom stereocenters. The van der Waals surface area contributed by atoms with E-state index >= 15 is 0 Å². The molecule has 2 N–H and O–H groups in total. The lowest BCUT2D eigenvalue weighted by Crippen LogP contribution is -2.50. The number of nitrogens with one attached hydrogen (secondary N) is 2. The van der Waals surface area contributed by atoms with Gasteiger partial charge >= 0.3 is 18.0 Å². The molecule has 0 aliphatic heterocycles. The highest BCUT2D eigenvalue weighted by atomic mass is 127. The second kappa shape index (κ2) is 10.9. The van der Waals surface area contributed by atoms with Crippen molar-refractivity contribution in [2.45, 2.75) is 44.3 Å². The molecule has 0 saturated carbocycles. The fourth-order valence-electron chi connectivity index (χ4n) is 3.52. The summed E-state index contributed by atoms with van der Waals surface area (Å²) in [6.07, 6.45) is -11.1. The standard InChI is InChI=1S/C23H22F7IN2O3S/c1-12-9-13(21(24,22(25,26)27)23(28,29)30)5-8-17(12)32-18(34)16-10-14(31)6-7-15(16)19(35)33-20(2,3)11-37(4)36/h5-10H,11H2,1-4H3,(H,32,34)(H,33,35). The predicted molar refractivity (Wildman–Crippen MR) is 134 cm³/mol. The summed E-state index contributed by atoms with van der Waals surface area (Å²) in [7, 11) is -1.24. The normalized spacial score (nSPS) is 13.7. The van der Waals surface area contributed by atoms with E-state index in [0.717, 1.165) is 13.0 Å². The molecule has 0 spiro atoms. The molecule has 2 aromatic carbocycles. The van der Waals surface area contributed by atoms with Crippen LogP contribution in [0.1, 0.15) is 45.7 Å². The van der Waals surface area contributed by atoms with Crippen molar-refractivity contribution < 1.29 is 44.5 Å². The van der Waals surface area contributed by atoms with Crippen molar-refractivity contribution in [2.75, 3.05) is 17.3 Å². The van der Waals surface area contributed by atoms with E-state index in [-0.39, 0.29) is 28.1 Å². The lowest BCUT2D eigenvalue weighted by molar-refractivity contribution is -0.348. The molecule has 37 heavy (non-hydrogen) atoms. The number of carbonyl (C=O) groups excluding carboxylic acids is 2. The van der Waals surface area contributed by atoms with Crippen molar-refractivity contribution in [1.29, 1.82) is 0 Å². The molecule has 0 radical (unpaired) electrons. The molecule has 0 heterocycles. The van der Waals surface area contributed by atoms with E-state index in [1.165, 1.54) is 18.4 Å². The van der Waals surface area contributed by atoms with Crippen LogP contribution in [0, 0.1) is 10.5 Å². The second-order valence-electron chi connectivity index (χ2n) is 8.88. The van der Waals surface area contributed by atoms with E-state index in [1.54, 1.807) is 19.9 Å². The first-order valence-electron chi connectivity index (χ1n) is 10.4. The van der Waals surface area contributed by atoms with Gasteiger partial charge in [0.15, 0.2) is 0 Å². The molecular formula is C23H22F7IN2O3S. The van der Waals surface area contributed by atoms with Gasteiger partial charge in [-0.2, -0.15) is 26.3 Å². The summed E-state index contributed by atoms with van der Waals surface area (Å²) < 4.78 is 105. The minimum absolute atomic E-state index is 0.0703. The van der Waals surface area contributed by atoms with Gasteiger partial charge in [0.25, 0.3) is 11.8 Å². The molecule has 0 aliphatic rings. The van der Waals surface area contributed by atoms with Crippen LogP contribution in [0.25, 0.3) is 0 Å². The molecule has 0 bridgehead atoms. The zero-order valence-electron chi connectivity index (χ0n) is 19.8. The lowest BCUT2D eigenvalue weighted by Gasteiger charge is -2.30. The molecule has 2 amide bonds. The molecule has 0 saturated heterocycles. The van der Waals surface area contributed by atoms with E-state index in [2.05, 4.69) is 10.6 Å². The Bertz CT molecular complexity index is 1220. The molecule has 1 unspecified atom stereocenters. The number of hydrogen-bond donors (Lipinski definition) is 2. The number of aryl methyl sites for hydroxylation is 1. The molecule has 5 nitrogen and oxygen atoms in total. The molecule has 0 fully saturated rings. The Hall–Kier alpha value is -2.23. The van der Waals surface area contributed by atoms with Crippen molar-refractivity contribution in [3.05, 3.63) is 62.2 Å². The van der Waals surface area contributed by atoms with Crippen molar-refractivity contribution in [3.8, 4) is 0 Å². The third-order valence-corrected chi connectivity index (χ3v) is 6.94. The SMILES string of the molecule is Cc1cc(C(F)(C(F)(F)F)C(F)(F)F)ccc1NC(=O)c1cc(I)ccc1C(=O)NC(C)(C)CS(C)=O. The number of hydrogen-bond acceptors (Lipinski definition) is 3. The van der Waals surface area contributed by atoms with Crippen LogP contribution in [0.4, 0.5) is 36.4 Å². The van der Waals surface area contributed by atoms with Gasteiger partial charge in [-0.05, 0) is 73.2 Å². The van der Waals surface area contributed by atoms with Crippen LogP contribution in [0.5, 0.6) is 0 Å². The molecule has 204 valence electrons. The molecule has 14 heteroatoms. The van der Waals surface area contributed by atoms with Crippen LogP contribution in [0.2, 0.25) is 0 Å². The summed E-state index contributed by atoms with van der Waals surface area (Å²) in [5, 5.41) is 5.02. The van der Waals surface area contributed by atoms with Crippen LogP contribution in [-0.4, -0.2) is 45.9 Å². The maximum Gasteiger partial charge on any atom is 0.435 e. The van der Waals surface area contributed by atoms with Crippen LogP contribution in [0.3, 0.4) is 0 Å². The zero-order valence-corrected chi connectivity index (χ0v) is 22.8. The van der Waals surface area contributed by atoms with Gasteiger partial charge in [-0.25, -0.2) is 4.39 Å². The van der Waals surface area contributed by atoms with E-state index in [4.69, 9.17) is 0 Å². The fraction of sp³-hybridized carbons (Fsp3) is 0.391. The topological polar surface area (TPSA) is 75.3 Å². The van der Waals surface area contributed by atoms with Crippen molar-refractivity contribution in [1.82, 2.24) is 5.32 Å². The fourth-order valence-corrected chi connectivity index (χ4v) is 5.10. The van der Waals surface area contributed by atoms with Crippen LogP contribution in [-0.2, 0) is 16.5 Å². The number of carbonyl (C=O) groups is 2. The highest BCUT2D eigenvalue weighted by Gasteiger charge is 2.73. The van der Waals surface area contributed by atoms with Gasteiger partial charge in [0.1, 0.15) is 0 Å². The maximum atomic E-state index is 14.4. The Morgan fingerprint density at radius 3 is 1.95 bits per heavy atom. The maximum absolute atomic E-state index is 14.4. The lowest BCUT2D eigenvalue weighted by atomic mass is 9.92. The average Bonchev–Trinajstić information content (AvgIpc) is 2.71. The minimum Gasteiger partial charge on any atom is -0.346 e. The number of alkyl halides is 7. The third-order valence-electron chi connectivity index (χ3n) is 5.14. The Kier molecular flexibility index (Phi) is 9.10. The molecule has 2 rings (SSSR count). The summed E-state index contributed by atoms with van der Waals surface area (Å²) in [5.74, 6) is -1.42. The monoisotopic (exact) mass is 666 g/mol. The Balaban J connectivity index is 2.42. The quantitative estimate of drug-likeness (QED) is 0.280. The van der Waals surface area contributed by atoms with Crippen molar-refractivity contribution >= 4 is 50.9 Å². The van der Waals surface area contributed by atoms with Gasteiger partial charge in [0, 0.05) is 43.2 Å². The van der Waals surface area contributed by atoms with Crippen LogP contribution < -0.4 is 10.6 Å². The van der Waals surface area contributed by atoms with Gasteiger partial charge in [-0.1, -0.05) is 12.1 Å². The molecule has 0 aromatic heterocycles. The van der Waals surface area contributed by atoms with E-state index in [0.29, 0.717) is 15.7 Å². The first-order valence-corrected chi connectivity index (χ1v) is 13.2. The molecule has 0 aliphatic carbocycles. The average molecular weight is 666 g/mol. The molecular weight excluding hydrogens is 644 g/mol. The van der Waals surface area contributed by atoms with Gasteiger partial charge in [0.05, 0.1) is 11.1 Å². The number of halogens is 8. The first-order chi connectivity index (χ1) is 16.7. The Morgan fingerprint density at radius 1 is 0.892 bits per heavy atom. The number of rotatable bonds is 7.